The fraction of sp³-hybridized carbons (Fsp3) is 0.160. The third-order valence-electron chi connectivity index (χ3n) is 4.75. The number of ether oxygens (including phenoxy) is 2. The summed E-state index contributed by atoms with van der Waals surface area (Å²) in [5.74, 6) is 0.575. The standard InChI is InChI=1S/C25H26N4O4/c1-17-9-11-21(13-18(17)2)27-24(30)16-33-22-12-10-19(14-23(22)32-3)15-26-29-25(31)28-20-7-5-4-6-8-20/h4-15H,16H2,1-3H3,(H,27,30)(H2,28,29,31)/b26-15+. The van der Waals surface area contributed by atoms with Gasteiger partial charge >= 0.3 is 6.03 Å². The van der Waals surface area contributed by atoms with Gasteiger partial charge in [-0.15, -0.1) is 0 Å². The number of urea groups is 1. The predicted octanol–water partition coefficient (Wildman–Crippen LogP) is 4.49. The highest BCUT2D eigenvalue weighted by atomic mass is 16.5. The fourth-order valence-electron chi connectivity index (χ4n) is 2.89. The van der Waals surface area contributed by atoms with E-state index in [1.807, 2.05) is 50.2 Å². The van der Waals surface area contributed by atoms with E-state index >= 15 is 0 Å². The van der Waals surface area contributed by atoms with Crippen molar-refractivity contribution < 1.29 is 19.1 Å². The molecule has 0 unspecified atom stereocenters. The van der Waals surface area contributed by atoms with E-state index in [1.54, 1.807) is 30.3 Å². The number of amides is 3. The number of hydrogen-bond donors (Lipinski definition) is 3. The summed E-state index contributed by atoms with van der Waals surface area (Å²) in [6.07, 6.45) is 1.48. The lowest BCUT2D eigenvalue weighted by molar-refractivity contribution is -0.118. The van der Waals surface area contributed by atoms with Gasteiger partial charge in [-0.05, 0) is 73.0 Å². The monoisotopic (exact) mass is 446 g/mol. The Balaban J connectivity index is 1.53. The second-order valence-electron chi connectivity index (χ2n) is 7.24. The first kappa shape index (κ1) is 23.3. The van der Waals surface area contributed by atoms with E-state index in [9.17, 15) is 9.59 Å². The van der Waals surface area contributed by atoms with Crippen LogP contribution in [-0.4, -0.2) is 31.9 Å². The summed E-state index contributed by atoms with van der Waals surface area (Å²) in [6.45, 7) is 3.83. The van der Waals surface area contributed by atoms with E-state index < -0.39 is 6.03 Å². The van der Waals surface area contributed by atoms with Crippen molar-refractivity contribution in [2.24, 2.45) is 5.10 Å². The first-order valence-electron chi connectivity index (χ1n) is 10.3. The summed E-state index contributed by atoms with van der Waals surface area (Å²) in [5.41, 5.74) is 6.71. The highest BCUT2D eigenvalue weighted by Crippen LogP contribution is 2.27. The summed E-state index contributed by atoms with van der Waals surface area (Å²) in [5, 5.41) is 9.41. The molecule has 0 aromatic heterocycles. The van der Waals surface area contributed by atoms with Gasteiger partial charge in [-0.3, -0.25) is 4.79 Å². The lowest BCUT2D eigenvalue weighted by atomic mass is 10.1. The topological polar surface area (TPSA) is 101 Å². The van der Waals surface area contributed by atoms with Crippen molar-refractivity contribution in [2.75, 3.05) is 24.4 Å². The zero-order valence-corrected chi connectivity index (χ0v) is 18.7. The van der Waals surface area contributed by atoms with Crippen molar-refractivity contribution in [3.63, 3.8) is 0 Å². The largest absolute Gasteiger partial charge is 0.493 e. The molecule has 3 N–H and O–H groups in total. The molecule has 3 rings (SSSR count). The van der Waals surface area contributed by atoms with E-state index in [4.69, 9.17) is 9.47 Å². The second-order valence-corrected chi connectivity index (χ2v) is 7.24. The van der Waals surface area contributed by atoms with Gasteiger partial charge in [0.25, 0.3) is 5.91 Å². The second kappa shape index (κ2) is 11.3. The van der Waals surface area contributed by atoms with Crippen LogP contribution in [0.3, 0.4) is 0 Å². The molecule has 0 saturated heterocycles. The first-order valence-corrected chi connectivity index (χ1v) is 10.3. The molecule has 0 bridgehead atoms. The lowest BCUT2D eigenvalue weighted by Crippen LogP contribution is -2.24. The van der Waals surface area contributed by atoms with Crippen LogP contribution in [0.4, 0.5) is 16.2 Å². The van der Waals surface area contributed by atoms with E-state index in [2.05, 4.69) is 21.2 Å². The molecule has 3 amide bonds. The SMILES string of the molecule is COc1cc(/C=N/NC(=O)Nc2ccccc2)ccc1OCC(=O)Nc1ccc(C)c(C)c1. The number of hydrazone groups is 1. The Morgan fingerprint density at radius 1 is 0.879 bits per heavy atom. The molecule has 3 aromatic rings. The van der Waals surface area contributed by atoms with Gasteiger partial charge in [0, 0.05) is 11.4 Å². The molecule has 0 radical (unpaired) electrons. The van der Waals surface area contributed by atoms with E-state index in [0.29, 0.717) is 28.4 Å². The summed E-state index contributed by atoms with van der Waals surface area (Å²) >= 11 is 0. The molecule has 0 aliphatic carbocycles. The maximum absolute atomic E-state index is 12.2. The van der Waals surface area contributed by atoms with Crippen molar-refractivity contribution in [1.29, 1.82) is 0 Å². The summed E-state index contributed by atoms with van der Waals surface area (Å²) in [4.78, 5) is 24.1. The van der Waals surface area contributed by atoms with E-state index in [-0.39, 0.29) is 12.5 Å². The molecule has 8 nitrogen and oxygen atoms in total. The zero-order chi connectivity index (χ0) is 23.6. The summed E-state index contributed by atoms with van der Waals surface area (Å²) in [7, 11) is 1.50. The van der Waals surface area contributed by atoms with Gasteiger partial charge in [-0.1, -0.05) is 24.3 Å². The number of benzene rings is 3. The van der Waals surface area contributed by atoms with Crippen molar-refractivity contribution >= 4 is 29.5 Å². The van der Waals surface area contributed by atoms with Crippen molar-refractivity contribution in [3.8, 4) is 11.5 Å². The summed E-state index contributed by atoms with van der Waals surface area (Å²) in [6, 6.07) is 19.4. The number of nitrogens with zero attached hydrogens (tertiary/aromatic N) is 1. The summed E-state index contributed by atoms with van der Waals surface area (Å²) < 4.78 is 11.0. The van der Waals surface area contributed by atoms with Crippen LogP contribution in [0.25, 0.3) is 0 Å². The molecule has 8 heteroatoms. The third kappa shape index (κ3) is 7.10. The maximum atomic E-state index is 12.2. The molecule has 0 fully saturated rings. The predicted molar refractivity (Wildman–Crippen MR) is 129 cm³/mol. The van der Waals surface area contributed by atoms with Crippen molar-refractivity contribution in [1.82, 2.24) is 5.43 Å². The number of para-hydroxylation sites is 1. The molecule has 0 atom stereocenters. The molecule has 0 saturated carbocycles. The van der Waals surface area contributed by atoms with Crippen LogP contribution in [0, 0.1) is 13.8 Å². The van der Waals surface area contributed by atoms with Gasteiger partial charge in [-0.2, -0.15) is 5.10 Å². The number of methoxy groups -OCH3 is 1. The molecule has 0 spiro atoms. The quantitative estimate of drug-likeness (QED) is 0.351. The minimum Gasteiger partial charge on any atom is -0.493 e. The number of carbonyl (C=O) groups excluding carboxylic acids is 2. The van der Waals surface area contributed by atoms with Gasteiger partial charge in [0.1, 0.15) is 0 Å². The Hall–Kier alpha value is -4.33. The minimum absolute atomic E-state index is 0.169. The number of anilines is 2. The minimum atomic E-state index is -0.459. The Morgan fingerprint density at radius 3 is 2.39 bits per heavy atom. The van der Waals surface area contributed by atoms with Crippen LogP contribution in [0.1, 0.15) is 16.7 Å². The highest BCUT2D eigenvalue weighted by Gasteiger charge is 2.09. The third-order valence-corrected chi connectivity index (χ3v) is 4.75. The number of aryl methyl sites for hydroxylation is 2. The maximum Gasteiger partial charge on any atom is 0.339 e. The van der Waals surface area contributed by atoms with Gasteiger partial charge in [0.2, 0.25) is 0 Å². The average molecular weight is 447 g/mol. The average Bonchev–Trinajstić information content (AvgIpc) is 2.81. The molecule has 0 heterocycles. The highest BCUT2D eigenvalue weighted by molar-refractivity contribution is 5.92. The van der Waals surface area contributed by atoms with Crippen LogP contribution >= 0.6 is 0 Å². The first-order chi connectivity index (χ1) is 15.9. The normalized spacial score (nSPS) is 10.5. The lowest BCUT2D eigenvalue weighted by Gasteiger charge is -2.12. The van der Waals surface area contributed by atoms with Gasteiger partial charge in [0.05, 0.1) is 13.3 Å². The van der Waals surface area contributed by atoms with Crippen molar-refractivity contribution in [3.05, 3.63) is 83.4 Å². The number of carbonyl (C=O) groups is 2. The van der Waals surface area contributed by atoms with Crippen LogP contribution in [-0.2, 0) is 4.79 Å². The fourth-order valence-corrected chi connectivity index (χ4v) is 2.89. The van der Waals surface area contributed by atoms with Crippen LogP contribution in [0.5, 0.6) is 11.5 Å². The smallest absolute Gasteiger partial charge is 0.339 e. The molecule has 170 valence electrons. The van der Waals surface area contributed by atoms with Gasteiger partial charge in [-0.25, -0.2) is 10.2 Å². The molecule has 33 heavy (non-hydrogen) atoms. The van der Waals surface area contributed by atoms with Crippen LogP contribution in [0.15, 0.2) is 71.8 Å². The van der Waals surface area contributed by atoms with E-state index in [0.717, 1.165) is 11.1 Å². The molecule has 0 aliphatic rings. The van der Waals surface area contributed by atoms with Crippen LogP contribution in [0.2, 0.25) is 0 Å². The Labute approximate surface area is 192 Å². The molecule has 0 aliphatic heterocycles. The van der Waals surface area contributed by atoms with Gasteiger partial charge in [0.15, 0.2) is 18.1 Å². The van der Waals surface area contributed by atoms with E-state index in [1.165, 1.54) is 13.3 Å². The Kier molecular flexibility index (Phi) is 8.02. The molecule has 3 aromatic carbocycles. The number of rotatable bonds is 8. The van der Waals surface area contributed by atoms with Gasteiger partial charge < -0.3 is 20.1 Å². The van der Waals surface area contributed by atoms with Crippen molar-refractivity contribution in [2.45, 2.75) is 13.8 Å². The number of hydrogen-bond acceptors (Lipinski definition) is 5. The Morgan fingerprint density at radius 2 is 1.67 bits per heavy atom. The molecular formula is C25H26N4O4. The Bertz CT molecular complexity index is 1150. The molecular weight excluding hydrogens is 420 g/mol. The zero-order valence-electron chi connectivity index (χ0n) is 18.7. The van der Waals surface area contributed by atoms with Crippen LogP contribution < -0.4 is 25.5 Å². The number of nitrogens with one attached hydrogen (secondary N) is 3.